The van der Waals surface area contributed by atoms with Gasteiger partial charge in [0.1, 0.15) is 6.73 Å². The van der Waals surface area contributed by atoms with E-state index in [1.165, 1.54) is 5.71 Å². The first kappa shape index (κ1) is 6.10. The van der Waals surface area contributed by atoms with Crippen molar-refractivity contribution in [2.75, 3.05) is 13.3 Å². The Bertz CT molecular complexity index is 184. The van der Waals surface area contributed by atoms with Crippen molar-refractivity contribution in [2.45, 2.75) is 12.8 Å². The van der Waals surface area contributed by atoms with Gasteiger partial charge in [-0.3, -0.25) is 4.99 Å². The number of ether oxygens (including phenoxy) is 1. The van der Waals surface area contributed by atoms with Crippen LogP contribution in [0.15, 0.2) is 17.1 Å². The largest absolute Gasteiger partial charge is 0.358 e. The first-order chi connectivity index (χ1) is 4.97. The summed E-state index contributed by atoms with van der Waals surface area (Å²) in [6.07, 6.45) is 6.74. The van der Waals surface area contributed by atoms with Crippen LogP contribution in [0.3, 0.4) is 0 Å². The number of hydrogen-bond donors (Lipinski definition) is 0. The number of rotatable bonds is 0. The topological polar surface area (TPSA) is 21.6 Å². The average Bonchev–Trinajstić information content (AvgIpc) is 2.05. The highest BCUT2D eigenvalue weighted by Gasteiger charge is 2.18. The fraction of sp³-hybridized carbons (Fsp3) is 0.625. The van der Waals surface area contributed by atoms with Crippen molar-refractivity contribution in [1.82, 2.24) is 0 Å². The lowest BCUT2D eigenvalue weighted by atomic mass is 9.94. The number of allylic oxidation sites excluding steroid dienone is 1. The molecule has 0 amide bonds. The van der Waals surface area contributed by atoms with Crippen LogP contribution in [0.2, 0.25) is 0 Å². The van der Waals surface area contributed by atoms with E-state index in [2.05, 4.69) is 17.1 Å². The van der Waals surface area contributed by atoms with E-state index >= 15 is 0 Å². The Hall–Kier alpha value is -0.630. The zero-order valence-corrected chi connectivity index (χ0v) is 5.92. The molecule has 1 heterocycles. The van der Waals surface area contributed by atoms with E-state index in [0.717, 1.165) is 19.4 Å². The van der Waals surface area contributed by atoms with Crippen molar-refractivity contribution in [2.24, 2.45) is 10.9 Å². The molecule has 2 rings (SSSR count). The molecule has 1 aliphatic carbocycles. The highest BCUT2D eigenvalue weighted by atomic mass is 16.5. The Morgan fingerprint density at radius 3 is 3.50 bits per heavy atom. The Balaban J connectivity index is 2.20. The van der Waals surface area contributed by atoms with Crippen molar-refractivity contribution < 1.29 is 4.74 Å². The zero-order valence-electron chi connectivity index (χ0n) is 5.92. The van der Waals surface area contributed by atoms with Crippen molar-refractivity contribution in [3.8, 4) is 0 Å². The van der Waals surface area contributed by atoms with Crippen LogP contribution in [0, 0.1) is 5.92 Å². The molecule has 1 unspecified atom stereocenters. The molecule has 0 aromatic carbocycles. The van der Waals surface area contributed by atoms with Gasteiger partial charge in [0.15, 0.2) is 0 Å². The van der Waals surface area contributed by atoms with E-state index in [0.29, 0.717) is 12.6 Å². The van der Waals surface area contributed by atoms with E-state index in [9.17, 15) is 0 Å². The molecule has 0 spiro atoms. The Labute approximate surface area is 60.6 Å². The Kier molecular flexibility index (Phi) is 1.55. The maximum Gasteiger partial charge on any atom is 0.137 e. The molecular formula is C8H11NO. The highest BCUT2D eigenvalue weighted by molar-refractivity contribution is 5.89. The Morgan fingerprint density at radius 2 is 2.60 bits per heavy atom. The molecule has 54 valence electrons. The minimum Gasteiger partial charge on any atom is -0.358 e. The lowest BCUT2D eigenvalue weighted by molar-refractivity contribution is 0.121. The summed E-state index contributed by atoms with van der Waals surface area (Å²) in [5, 5.41) is 0. The zero-order chi connectivity index (χ0) is 6.81. The van der Waals surface area contributed by atoms with E-state index in [1.807, 2.05) is 0 Å². The van der Waals surface area contributed by atoms with Crippen LogP contribution >= 0.6 is 0 Å². The minimum atomic E-state index is 0.502. The van der Waals surface area contributed by atoms with Gasteiger partial charge >= 0.3 is 0 Å². The molecule has 0 bridgehead atoms. The summed E-state index contributed by atoms with van der Waals surface area (Å²) < 4.78 is 5.20. The fourth-order valence-corrected chi connectivity index (χ4v) is 1.44. The fourth-order valence-electron chi connectivity index (χ4n) is 1.44. The maximum atomic E-state index is 5.20. The number of hydrogen-bond acceptors (Lipinski definition) is 2. The summed E-state index contributed by atoms with van der Waals surface area (Å²) in [7, 11) is 0. The Morgan fingerprint density at radius 1 is 1.60 bits per heavy atom. The molecule has 0 fully saturated rings. The van der Waals surface area contributed by atoms with Gasteiger partial charge in [0.2, 0.25) is 0 Å². The molecule has 0 aromatic heterocycles. The third-order valence-electron chi connectivity index (χ3n) is 2.02. The van der Waals surface area contributed by atoms with Gasteiger partial charge in [0, 0.05) is 11.6 Å². The molecule has 2 heteroatoms. The molecule has 0 radical (unpaired) electrons. The first-order valence-corrected chi connectivity index (χ1v) is 3.74. The lowest BCUT2D eigenvalue weighted by Crippen LogP contribution is -2.25. The van der Waals surface area contributed by atoms with Crippen LogP contribution in [0.25, 0.3) is 0 Å². The van der Waals surface area contributed by atoms with Gasteiger partial charge in [-0.25, -0.2) is 0 Å². The second-order valence-electron chi connectivity index (χ2n) is 2.72. The smallest absolute Gasteiger partial charge is 0.137 e. The average molecular weight is 137 g/mol. The molecular weight excluding hydrogens is 126 g/mol. The van der Waals surface area contributed by atoms with Gasteiger partial charge in [0.25, 0.3) is 0 Å². The molecule has 2 nitrogen and oxygen atoms in total. The summed E-state index contributed by atoms with van der Waals surface area (Å²) in [5.74, 6) is 0.502. The molecule has 0 aromatic rings. The van der Waals surface area contributed by atoms with Gasteiger partial charge in [-0.05, 0) is 12.8 Å². The second-order valence-corrected chi connectivity index (χ2v) is 2.72. The number of nitrogens with zero attached hydrogens (tertiary/aromatic N) is 1. The molecule has 1 aliphatic heterocycles. The predicted octanol–water partition coefficient (Wildman–Crippen LogP) is 1.38. The molecule has 0 N–H and O–H groups in total. The van der Waals surface area contributed by atoms with Gasteiger partial charge in [0.05, 0.1) is 6.61 Å². The third-order valence-corrected chi connectivity index (χ3v) is 2.02. The van der Waals surface area contributed by atoms with Crippen LogP contribution in [0.4, 0.5) is 0 Å². The summed E-state index contributed by atoms with van der Waals surface area (Å²) in [5.41, 5.74) is 1.34. The summed E-state index contributed by atoms with van der Waals surface area (Å²) in [4.78, 5) is 4.29. The maximum absolute atomic E-state index is 5.20. The van der Waals surface area contributed by atoms with Crippen molar-refractivity contribution in [1.29, 1.82) is 0 Å². The van der Waals surface area contributed by atoms with Gasteiger partial charge in [-0.2, -0.15) is 0 Å². The van der Waals surface area contributed by atoms with Crippen LogP contribution in [0.5, 0.6) is 0 Å². The molecule has 1 atom stereocenters. The van der Waals surface area contributed by atoms with Gasteiger partial charge in [-0.1, -0.05) is 12.2 Å². The van der Waals surface area contributed by atoms with Crippen LogP contribution in [-0.4, -0.2) is 19.0 Å². The van der Waals surface area contributed by atoms with Crippen molar-refractivity contribution in [3.63, 3.8) is 0 Å². The van der Waals surface area contributed by atoms with E-state index in [-0.39, 0.29) is 0 Å². The number of aliphatic imine (C=N–C) groups is 1. The normalized spacial score (nSPS) is 31.2. The van der Waals surface area contributed by atoms with Gasteiger partial charge in [-0.15, -0.1) is 0 Å². The molecule has 2 aliphatic rings. The first-order valence-electron chi connectivity index (χ1n) is 3.74. The molecule has 0 saturated carbocycles. The highest BCUT2D eigenvalue weighted by Crippen LogP contribution is 2.18. The summed E-state index contributed by atoms with van der Waals surface area (Å²) in [6.45, 7) is 1.43. The van der Waals surface area contributed by atoms with Crippen molar-refractivity contribution >= 4 is 5.71 Å². The molecule has 10 heavy (non-hydrogen) atoms. The van der Waals surface area contributed by atoms with E-state index in [4.69, 9.17) is 4.74 Å². The monoisotopic (exact) mass is 137 g/mol. The number of fused-ring (bicyclic) bond motifs is 1. The van der Waals surface area contributed by atoms with Gasteiger partial charge < -0.3 is 4.74 Å². The van der Waals surface area contributed by atoms with Crippen LogP contribution in [-0.2, 0) is 4.74 Å². The summed E-state index contributed by atoms with van der Waals surface area (Å²) >= 11 is 0. The minimum absolute atomic E-state index is 0.502. The third kappa shape index (κ3) is 0.991. The van der Waals surface area contributed by atoms with Crippen LogP contribution in [0.1, 0.15) is 12.8 Å². The molecule has 0 saturated heterocycles. The van der Waals surface area contributed by atoms with E-state index in [1.54, 1.807) is 0 Å². The van der Waals surface area contributed by atoms with Crippen LogP contribution < -0.4 is 0 Å². The van der Waals surface area contributed by atoms with E-state index < -0.39 is 0 Å². The predicted molar refractivity (Wildman–Crippen MR) is 40.1 cm³/mol. The standard InChI is InChI=1S/C8H11NO/c1-2-4-8-7(3-1)5-10-6-9-8/h1,3,7H,2,4-6H2. The second kappa shape index (κ2) is 2.54. The lowest BCUT2D eigenvalue weighted by Gasteiger charge is -2.22. The SMILES string of the molecule is C1=CC2COCN=C2CC1. The quantitative estimate of drug-likeness (QED) is 0.462. The van der Waals surface area contributed by atoms with Crippen molar-refractivity contribution in [3.05, 3.63) is 12.2 Å². The summed E-state index contributed by atoms with van der Waals surface area (Å²) in [6, 6.07) is 0.